The summed E-state index contributed by atoms with van der Waals surface area (Å²) < 4.78 is 0. The van der Waals surface area contributed by atoms with E-state index in [0.717, 1.165) is 43.0 Å². The van der Waals surface area contributed by atoms with Crippen LogP contribution in [-0.2, 0) is 4.79 Å². The van der Waals surface area contributed by atoms with Gasteiger partial charge in [0.1, 0.15) is 5.69 Å². The summed E-state index contributed by atoms with van der Waals surface area (Å²) in [6, 6.07) is 1.86. The van der Waals surface area contributed by atoms with Crippen LogP contribution in [0.5, 0.6) is 0 Å². The van der Waals surface area contributed by atoms with Gasteiger partial charge in [-0.25, -0.2) is 0 Å². The molecule has 3 heterocycles. The maximum atomic E-state index is 11.5. The molecule has 3 rings (SSSR count). The Hall–Kier alpha value is -2.24. The Morgan fingerprint density at radius 2 is 2.30 bits per heavy atom. The van der Waals surface area contributed by atoms with Crippen molar-refractivity contribution in [1.29, 1.82) is 0 Å². The van der Waals surface area contributed by atoms with Gasteiger partial charge in [0.25, 0.3) is 0 Å². The molecule has 2 aromatic rings. The van der Waals surface area contributed by atoms with Crippen molar-refractivity contribution in [1.82, 2.24) is 25.1 Å². The first-order valence-corrected chi connectivity index (χ1v) is 6.81. The molecule has 1 aliphatic heterocycles. The average Bonchev–Trinajstić information content (AvgIpc) is 3.02. The van der Waals surface area contributed by atoms with Gasteiger partial charge in [-0.2, -0.15) is 5.10 Å². The van der Waals surface area contributed by atoms with E-state index in [-0.39, 0.29) is 11.8 Å². The lowest BCUT2D eigenvalue weighted by atomic mass is 9.95. The summed E-state index contributed by atoms with van der Waals surface area (Å²) in [6.07, 6.45) is 7.34. The van der Waals surface area contributed by atoms with Crippen molar-refractivity contribution in [2.75, 3.05) is 13.1 Å². The SMILES string of the molecule is CC(=O)N1CCC[C@@H](c2cnc(-c3ccn[nH]3)cn2)C1. The number of aromatic nitrogens is 4. The zero-order valence-corrected chi connectivity index (χ0v) is 11.4. The molecule has 0 unspecified atom stereocenters. The number of nitrogens with zero attached hydrogens (tertiary/aromatic N) is 4. The molecule has 1 fully saturated rings. The lowest BCUT2D eigenvalue weighted by molar-refractivity contribution is -0.130. The molecule has 104 valence electrons. The minimum atomic E-state index is 0.136. The molecule has 1 N–H and O–H groups in total. The lowest BCUT2D eigenvalue weighted by Gasteiger charge is -2.31. The van der Waals surface area contributed by atoms with E-state index in [4.69, 9.17) is 0 Å². The van der Waals surface area contributed by atoms with Gasteiger partial charge < -0.3 is 4.90 Å². The Morgan fingerprint density at radius 1 is 1.40 bits per heavy atom. The second-order valence-corrected chi connectivity index (χ2v) is 5.10. The Balaban J connectivity index is 1.76. The van der Waals surface area contributed by atoms with Crippen LogP contribution in [0.2, 0.25) is 0 Å². The fourth-order valence-corrected chi connectivity index (χ4v) is 2.59. The largest absolute Gasteiger partial charge is 0.342 e. The van der Waals surface area contributed by atoms with Crippen molar-refractivity contribution in [2.24, 2.45) is 0 Å². The van der Waals surface area contributed by atoms with Gasteiger partial charge in [-0.1, -0.05) is 0 Å². The van der Waals surface area contributed by atoms with Gasteiger partial charge in [-0.15, -0.1) is 0 Å². The Labute approximate surface area is 117 Å². The second kappa shape index (κ2) is 5.40. The molecular formula is C14H17N5O. The van der Waals surface area contributed by atoms with E-state index < -0.39 is 0 Å². The molecule has 2 aromatic heterocycles. The van der Waals surface area contributed by atoms with Gasteiger partial charge in [0.15, 0.2) is 0 Å². The summed E-state index contributed by atoms with van der Waals surface area (Å²) in [5, 5.41) is 6.77. The minimum Gasteiger partial charge on any atom is -0.342 e. The zero-order valence-electron chi connectivity index (χ0n) is 11.4. The summed E-state index contributed by atoms with van der Waals surface area (Å²) in [6.45, 7) is 3.22. The van der Waals surface area contributed by atoms with E-state index in [9.17, 15) is 4.79 Å². The van der Waals surface area contributed by atoms with Crippen molar-refractivity contribution >= 4 is 5.91 Å². The average molecular weight is 271 g/mol. The van der Waals surface area contributed by atoms with E-state index in [2.05, 4.69) is 20.2 Å². The third-order valence-electron chi connectivity index (χ3n) is 3.73. The Morgan fingerprint density at radius 3 is 2.95 bits per heavy atom. The zero-order chi connectivity index (χ0) is 13.9. The van der Waals surface area contributed by atoms with Crippen molar-refractivity contribution < 1.29 is 4.79 Å². The predicted molar refractivity (Wildman–Crippen MR) is 73.8 cm³/mol. The standard InChI is InChI=1S/C14H17N5O/c1-10(20)19-6-2-3-11(9-19)13-7-16-14(8-15-13)12-4-5-17-18-12/h4-5,7-8,11H,2-3,6,9H2,1H3,(H,17,18)/t11-/m1/s1. The van der Waals surface area contributed by atoms with E-state index >= 15 is 0 Å². The van der Waals surface area contributed by atoms with Crippen LogP contribution < -0.4 is 0 Å². The van der Waals surface area contributed by atoms with Gasteiger partial charge in [0, 0.05) is 38.3 Å². The summed E-state index contributed by atoms with van der Waals surface area (Å²) >= 11 is 0. The highest BCUT2D eigenvalue weighted by atomic mass is 16.2. The normalized spacial score (nSPS) is 19.1. The fourth-order valence-electron chi connectivity index (χ4n) is 2.59. The molecule has 0 spiro atoms. The first kappa shape index (κ1) is 12.8. The summed E-state index contributed by atoms with van der Waals surface area (Å²) in [4.78, 5) is 22.3. The minimum absolute atomic E-state index is 0.136. The number of carbonyl (C=O) groups excluding carboxylic acids is 1. The molecule has 6 heteroatoms. The first-order chi connectivity index (χ1) is 9.74. The second-order valence-electron chi connectivity index (χ2n) is 5.10. The van der Waals surface area contributed by atoms with E-state index in [1.807, 2.05) is 17.2 Å². The molecule has 6 nitrogen and oxygen atoms in total. The Bertz CT molecular complexity index is 578. The molecule has 0 aliphatic carbocycles. The highest BCUT2D eigenvalue weighted by Crippen LogP contribution is 2.25. The highest BCUT2D eigenvalue weighted by molar-refractivity contribution is 5.73. The van der Waals surface area contributed by atoms with Crippen molar-refractivity contribution in [2.45, 2.75) is 25.7 Å². The molecule has 1 aliphatic rings. The maximum absolute atomic E-state index is 11.5. The van der Waals surface area contributed by atoms with Gasteiger partial charge >= 0.3 is 0 Å². The Kier molecular flexibility index (Phi) is 3.45. The number of nitrogens with one attached hydrogen (secondary N) is 1. The van der Waals surface area contributed by atoms with Crippen LogP contribution in [0.1, 0.15) is 31.4 Å². The van der Waals surface area contributed by atoms with Gasteiger partial charge in [-0.05, 0) is 18.9 Å². The monoisotopic (exact) mass is 271 g/mol. The lowest BCUT2D eigenvalue weighted by Crippen LogP contribution is -2.37. The number of hydrogen-bond donors (Lipinski definition) is 1. The molecule has 1 amide bonds. The van der Waals surface area contributed by atoms with Crippen molar-refractivity contribution in [3.05, 3.63) is 30.4 Å². The molecule has 0 radical (unpaired) electrons. The number of rotatable bonds is 2. The van der Waals surface area contributed by atoms with E-state index in [1.165, 1.54) is 0 Å². The smallest absolute Gasteiger partial charge is 0.219 e. The molecule has 0 saturated carbocycles. The summed E-state index contributed by atoms with van der Waals surface area (Å²) in [5.41, 5.74) is 2.60. The number of likely N-dealkylation sites (tertiary alicyclic amines) is 1. The van der Waals surface area contributed by atoms with Crippen LogP contribution in [0.4, 0.5) is 0 Å². The molecular weight excluding hydrogens is 254 g/mol. The number of amides is 1. The highest BCUT2D eigenvalue weighted by Gasteiger charge is 2.24. The van der Waals surface area contributed by atoms with E-state index in [1.54, 1.807) is 19.3 Å². The van der Waals surface area contributed by atoms with Crippen molar-refractivity contribution in [3.8, 4) is 11.4 Å². The maximum Gasteiger partial charge on any atom is 0.219 e. The molecule has 0 aromatic carbocycles. The van der Waals surface area contributed by atoms with Gasteiger partial charge in [0.05, 0.1) is 17.6 Å². The van der Waals surface area contributed by atoms with Crippen LogP contribution >= 0.6 is 0 Å². The van der Waals surface area contributed by atoms with Gasteiger partial charge in [0.2, 0.25) is 5.91 Å². The van der Waals surface area contributed by atoms with Crippen LogP contribution in [0, 0.1) is 0 Å². The van der Waals surface area contributed by atoms with Crippen LogP contribution in [-0.4, -0.2) is 44.1 Å². The van der Waals surface area contributed by atoms with E-state index in [0.29, 0.717) is 0 Å². The van der Waals surface area contributed by atoms with Crippen molar-refractivity contribution in [3.63, 3.8) is 0 Å². The molecule has 0 bridgehead atoms. The number of hydrogen-bond acceptors (Lipinski definition) is 4. The molecule has 1 saturated heterocycles. The summed E-state index contributed by atoms with van der Waals surface area (Å²) in [7, 11) is 0. The third kappa shape index (κ3) is 2.54. The number of H-pyrrole nitrogens is 1. The topological polar surface area (TPSA) is 74.8 Å². The predicted octanol–water partition coefficient (Wildman–Crippen LogP) is 1.59. The number of aromatic amines is 1. The number of carbonyl (C=O) groups is 1. The van der Waals surface area contributed by atoms with Crippen LogP contribution in [0.25, 0.3) is 11.4 Å². The van der Waals surface area contributed by atoms with Crippen LogP contribution in [0.3, 0.4) is 0 Å². The quantitative estimate of drug-likeness (QED) is 0.900. The third-order valence-corrected chi connectivity index (χ3v) is 3.73. The van der Waals surface area contributed by atoms with Gasteiger partial charge in [-0.3, -0.25) is 19.9 Å². The molecule has 1 atom stereocenters. The number of piperidine rings is 1. The first-order valence-electron chi connectivity index (χ1n) is 6.81. The fraction of sp³-hybridized carbons (Fsp3) is 0.429. The molecule has 20 heavy (non-hydrogen) atoms. The summed E-state index contributed by atoms with van der Waals surface area (Å²) in [5.74, 6) is 0.424. The van der Waals surface area contributed by atoms with Crippen LogP contribution in [0.15, 0.2) is 24.7 Å².